The Balaban J connectivity index is 2.11. The number of nitrogens with one attached hydrogen (secondary N) is 1. The summed E-state index contributed by atoms with van der Waals surface area (Å²) >= 11 is 0. The number of nitrogens with zero attached hydrogens (tertiary/aromatic N) is 3. The van der Waals surface area contributed by atoms with Crippen molar-refractivity contribution in [2.24, 2.45) is 0 Å². The van der Waals surface area contributed by atoms with Crippen molar-refractivity contribution in [3.05, 3.63) is 18.0 Å². The van der Waals surface area contributed by atoms with Gasteiger partial charge in [-0.15, -0.1) is 0 Å². The minimum atomic E-state index is 0.0914. The van der Waals surface area contributed by atoms with Crippen molar-refractivity contribution in [3.63, 3.8) is 0 Å². The topological polar surface area (TPSA) is 50.2 Å². The van der Waals surface area contributed by atoms with E-state index in [9.17, 15) is 4.79 Å². The van der Waals surface area contributed by atoms with Crippen LogP contribution in [-0.4, -0.2) is 46.3 Å². The van der Waals surface area contributed by atoms with Crippen LogP contribution in [0.1, 0.15) is 24.2 Å². The van der Waals surface area contributed by atoms with Gasteiger partial charge >= 0.3 is 0 Å². The van der Waals surface area contributed by atoms with Gasteiger partial charge in [-0.1, -0.05) is 0 Å². The summed E-state index contributed by atoms with van der Waals surface area (Å²) < 4.78 is 1.78. The molecule has 1 aromatic heterocycles. The first-order valence-electron chi connectivity index (χ1n) is 5.76. The maximum absolute atomic E-state index is 12.2. The highest BCUT2D eigenvalue weighted by Crippen LogP contribution is 2.09. The van der Waals surface area contributed by atoms with Crippen LogP contribution in [0.4, 0.5) is 0 Å². The Labute approximate surface area is 95.4 Å². The van der Waals surface area contributed by atoms with Crippen LogP contribution < -0.4 is 5.32 Å². The van der Waals surface area contributed by atoms with Gasteiger partial charge in [-0.2, -0.15) is 5.10 Å². The number of hydrogen-bond donors (Lipinski definition) is 1. The molecule has 1 aliphatic rings. The minimum absolute atomic E-state index is 0.0914. The molecular formula is C11H18N4O. The number of piperazine rings is 1. The molecule has 88 valence electrons. The molecule has 1 saturated heterocycles. The predicted molar refractivity (Wildman–Crippen MR) is 61.3 cm³/mol. The smallest absolute Gasteiger partial charge is 0.257 e. The molecule has 5 heteroatoms. The van der Waals surface area contributed by atoms with Crippen LogP contribution in [0.25, 0.3) is 0 Å². The SMILES string of the molecule is CCn1cc(C(=O)N2CCNC[C@H]2C)cn1. The molecule has 1 amide bonds. The lowest BCUT2D eigenvalue weighted by atomic mass is 10.2. The van der Waals surface area contributed by atoms with E-state index in [1.807, 2.05) is 18.0 Å². The average molecular weight is 222 g/mol. The zero-order chi connectivity index (χ0) is 11.5. The van der Waals surface area contributed by atoms with Gasteiger partial charge in [0, 0.05) is 38.4 Å². The van der Waals surface area contributed by atoms with Crippen LogP contribution >= 0.6 is 0 Å². The highest BCUT2D eigenvalue weighted by Gasteiger charge is 2.24. The first-order valence-corrected chi connectivity index (χ1v) is 5.76. The van der Waals surface area contributed by atoms with E-state index in [1.165, 1.54) is 0 Å². The van der Waals surface area contributed by atoms with Crippen LogP contribution in [0, 0.1) is 0 Å². The molecule has 0 aromatic carbocycles. The Hall–Kier alpha value is -1.36. The van der Waals surface area contributed by atoms with Gasteiger partial charge in [-0.25, -0.2) is 0 Å². The zero-order valence-corrected chi connectivity index (χ0v) is 9.81. The van der Waals surface area contributed by atoms with E-state index >= 15 is 0 Å². The first-order chi connectivity index (χ1) is 7.72. The van der Waals surface area contributed by atoms with Gasteiger partial charge in [0.05, 0.1) is 11.8 Å². The summed E-state index contributed by atoms with van der Waals surface area (Å²) in [5.74, 6) is 0.0914. The van der Waals surface area contributed by atoms with Gasteiger partial charge in [0.15, 0.2) is 0 Å². The molecule has 2 heterocycles. The van der Waals surface area contributed by atoms with E-state index < -0.39 is 0 Å². The van der Waals surface area contributed by atoms with Crippen molar-refractivity contribution in [1.29, 1.82) is 0 Å². The Morgan fingerprint density at radius 3 is 3.12 bits per heavy atom. The summed E-state index contributed by atoms with van der Waals surface area (Å²) in [6.07, 6.45) is 3.47. The van der Waals surface area contributed by atoms with Gasteiger partial charge in [-0.05, 0) is 13.8 Å². The van der Waals surface area contributed by atoms with Gasteiger partial charge in [-0.3, -0.25) is 9.48 Å². The molecule has 1 aliphatic heterocycles. The summed E-state index contributed by atoms with van der Waals surface area (Å²) in [4.78, 5) is 14.1. The number of rotatable bonds is 2. The average Bonchev–Trinajstić information content (AvgIpc) is 2.77. The van der Waals surface area contributed by atoms with E-state index in [0.717, 1.165) is 26.2 Å². The Morgan fingerprint density at radius 2 is 2.50 bits per heavy atom. The lowest BCUT2D eigenvalue weighted by Gasteiger charge is -2.33. The standard InChI is InChI=1S/C11H18N4O/c1-3-14-8-10(7-13-14)11(16)15-5-4-12-6-9(15)2/h7-9,12H,3-6H2,1-2H3/t9-/m1/s1. The third kappa shape index (κ3) is 2.09. The molecule has 1 fully saturated rings. The fourth-order valence-electron chi connectivity index (χ4n) is 1.96. The molecule has 0 spiro atoms. The molecule has 1 aromatic rings. The van der Waals surface area contributed by atoms with Crippen molar-refractivity contribution in [3.8, 4) is 0 Å². The second-order valence-electron chi connectivity index (χ2n) is 4.14. The molecule has 0 saturated carbocycles. The minimum Gasteiger partial charge on any atom is -0.333 e. The van der Waals surface area contributed by atoms with Crippen molar-refractivity contribution in [2.45, 2.75) is 26.4 Å². The number of aryl methyl sites for hydroxylation is 1. The number of hydrogen-bond acceptors (Lipinski definition) is 3. The summed E-state index contributed by atoms with van der Waals surface area (Å²) in [6.45, 7) is 7.39. The molecule has 5 nitrogen and oxygen atoms in total. The van der Waals surface area contributed by atoms with E-state index in [1.54, 1.807) is 10.9 Å². The van der Waals surface area contributed by atoms with Gasteiger partial charge in [0.1, 0.15) is 0 Å². The maximum atomic E-state index is 12.2. The zero-order valence-electron chi connectivity index (χ0n) is 9.81. The normalized spacial score (nSPS) is 21.1. The van der Waals surface area contributed by atoms with Crippen LogP contribution in [0.5, 0.6) is 0 Å². The summed E-state index contributed by atoms with van der Waals surface area (Å²) in [6, 6.07) is 0.256. The van der Waals surface area contributed by atoms with Crippen molar-refractivity contribution in [1.82, 2.24) is 20.0 Å². The number of carbonyl (C=O) groups is 1. The van der Waals surface area contributed by atoms with E-state index in [-0.39, 0.29) is 11.9 Å². The monoisotopic (exact) mass is 222 g/mol. The quantitative estimate of drug-likeness (QED) is 0.785. The second kappa shape index (κ2) is 4.65. The van der Waals surface area contributed by atoms with Crippen LogP contribution in [0.3, 0.4) is 0 Å². The lowest BCUT2D eigenvalue weighted by Crippen LogP contribution is -2.52. The summed E-state index contributed by atoms with van der Waals surface area (Å²) in [7, 11) is 0. The van der Waals surface area contributed by atoms with Crippen molar-refractivity contribution in [2.75, 3.05) is 19.6 Å². The summed E-state index contributed by atoms with van der Waals surface area (Å²) in [5.41, 5.74) is 0.690. The highest BCUT2D eigenvalue weighted by molar-refractivity contribution is 5.94. The van der Waals surface area contributed by atoms with Crippen molar-refractivity contribution < 1.29 is 4.79 Å². The molecule has 1 atom stereocenters. The fraction of sp³-hybridized carbons (Fsp3) is 0.636. The molecule has 0 aliphatic carbocycles. The Morgan fingerprint density at radius 1 is 1.69 bits per heavy atom. The molecule has 16 heavy (non-hydrogen) atoms. The van der Waals surface area contributed by atoms with Crippen LogP contribution in [0.15, 0.2) is 12.4 Å². The van der Waals surface area contributed by atoms with E-state index in [0.29, 0.717) is 5.56 Å². The third-order valence-corrected chi connectivity index (χ3v) is 2.97. The number of aromatic nitrogens is 2. The third-order valence-electron chi connectivity index (χ3n) is 2.97. The van der Waals surface area contributed by atoms with Gasteiger partial charge < -0.3 is 10.2 Å². The number of amides is 1. The predicted octanol–water partition coefficient (Wildman–Crippen LogP) is 0.337. The second-order valence-corrected chi connectivity index (χ2v) is 4.14. The van der Waals surface area contributed by atoms with Crippen LogP contribution in [-0.2, 0) is 6.54 Å². The largest absolute Gasteiger partial charge is 0.333 e. The molecule has 0 radical (unpaired) electrons. The first kappa shape index (κ1) is 11.1. The number of carbonyl (C=O) groups excluding carboxylic acids is 1. The van der Waals surface area contributed by atoms with E-state index in [2.05, 4.69) is 17.3 Å². The molecule has 2 rings (SSSR count). The molecular weight excluding hydrogens is 204 g/mol. The molecule has 1 N–H and O–H groups in total. The molecule has 0 unspecified atom stereocenters. The Bertz CT molecular complexity index is 374. The van der Waals surface area contributed by atoms with Crippen molar-refractivity contribution >= 4 is 5.91 Å². The fourth-order valence-corrected chi connectivity index (χ4v) is 1.96. The highest BCUT2D eigenvalue weighted by atomic mass is 16.2. The van der Waals surface area contributed by atoms with Crippen LogP contribution in [0.2, 0.25) is 0 Å². The van der Waals surface area contributed by atoms with Gasteiger partial charge in [0.25, 0.3) is 5.91 Å². The molecule has 0 bridgehead atoms. The van der Waals surface area contributed by atoms with E-state index in [4.69, 9.17) is 0 Å². The maximum Gasteiger partial charge on any atom is 0.257 e. The summed E-state index contributed by atoms with van der Waals surface area (Å²) in [5, 5.41) is 7.40. The Kier molecular flexibility index (Phi) is 3.24. The lowest BCUT2D eigenvalue weighted by molar-refractivity contribution is 0.0655. The van der Waals surface area contributed by atoms with Gasteiger partial charge in [0.2, 0.25) is 0 Å².